The van der Waals surface area contributed by atoms with E-state index in [2.05, 4.69) is 16.0 Å². The van der Waals surface area contributed by atoms with Gasteiger partial charge in [-0.15, -0.1) is 0 Å². The SMILES string of the molecule is CC(C)C[C@H](NC(=O)[C@@H](NC(=O)[C@@H](NC(=O)C(C)C(N)=O)C(C)O)C(C)O)C(=O)C1(CO)CO1. The normalized spacial score (nSPS) is 22.5. The minimum absolute atomic E-state index is 0.0167. The molecule has 8 N–H and O–H groups in total. The van der Waals surface area contributed by atoms with E-state index in [4.69, 9.17) is 10.5 Å². The smallest absolute Gasteiger partial charge is 0.245 e. The topological polar surface area (TPSA) is 221 Å². The molecular weight excluding hydrogens is 452 g/mol. The minimum Gasteiger partial charge on any atom is -0.393 e. The zero-order valence-electron chi connectivity index (χ0n) is 20.0. The van der Waals surface area contributed by atoms with Crippen LogP contribution >= 0.6 is 0 Å². The Bertz CT molecular complexity index is 780. The van der Waals surface area contributed by atoms with Gasteiger partial charge in [0.05, 0.1) is 31.5 Å². The predicted molar refractivity (Wildman–Crippen MR) is 118 cm³/mol. The molecule has 13 nitrogen and oxygen atoms in total. The van der Waals surface area contributed by atoms with Crippen LogP contribution in [-0.4, -0.2) is 93.9 Å². The first-order valence-electron chi connectivity index (χ1n) is 11.0. The summed E-state index contributed by atoms with van der Waals surface area (Å²) in [4.78, 5) is 61.8. The van der Waals surface area contributed by atoms with Gasteiger partial charge in [0, 0.05) is 0 Å². The molecule has 1 saturated heterocycles. The Labute approximate surface area is 197 Å². The number of nitrogens with one attached hydrogen (secondary N) is 3. The number of nitrogens with two attached hydrogens (primary N) is 1. The Morgan fingerprint density at radius 2 is 1.32 bits per heavy atom. The number of hydrogen-bond acceptors (Lipinski definition) is 9. The van der Waals surface area contributed by atoms with Crippen LogP contribution in [0.15, 0.2) is 0 Å². The van der Waals surface area contributed by atoms with Crippen molar-refractivity contribution in [3.63, 3.8) is 0 Å². The number of carbonyl (C=O) groups excluding carboxylic acids is 5. The molecule has 7 atom stereocenters. The lowest BCUT2D eigenvalue weighted by atomic mass is 9.92. The van der Waals surface area contributed by atoms with Gasteiger partial charge in [-0.2, -0.15) is 0 Å². The molecule has 4 unspecified atom stereocenters. The number of aliphatic hydroxyl groups excluding tert-OH is 3. The lowest BCUT2D eigenvalue weighted by molar-refractivity contribution is -0.139. The lowest BCUT2D eigenvalue weighted by Crippen LogP contribution is -2.62. The van der Waals surface area contributed by atoms with Crippen LogP contribution in [0, 0.1) is 11.8 Å². The zero-order chi connectivity index (χ0) is 26.4. The monoisotopic (exact) mass is 488 g/mol. The molecule has 1 rings (SSSR count). The van der Waals surface area contributed by atoms with Gasteiger partial charge in [0.2, 0.25) is 23.6 Å². The van der Waals surface area contributed by atoms with Crippen LogP contribution in [0.4, 0.5) is 0 Å². The van der Waals surface area contributed by atoms with Crippen LogP contribution in [0.2, 0.25) is 0 Å². The number of aliphatic hydroxyl groups is 3. The lowest BCUT2D eigenvalue weighted by Gasteiger charge is -2.28. The summed E-state index contributed by atoms with van der Waals surface area (Å²) in [6, 6.07) is -4.16. The van der Waals surface area contributed by atoms with Crippen LogP contribution in [0.25, 0.3) is 0 Å². The van der Waals surface area contributed by atoms with Gasteiger partial charge in [0.1, 0.15) is 18.0 Å². The molecule has 1 fully saturated rings. The van der Waals surface area contributed by atoms with Crippen LogP contribution in [0.5, 0.6) is 0 Å². The molecule has 34 heavy (non-hydrogen) atoms. The quantitative estimate of drug-likeness (QED) is 0.0959. The molecule has 1 heterocycles. The molecular formula is C21H36N4O9. The number of ether oxygens (including phenoxy) is 1. The fourth-order valence-electron chi connectivity index (χ4n) is 3.14. The maximum atomic E-state index is 12.9. The number of ketones is 1. The average Bonchev–Trinajstić information content (AvgIpc) is 3.54. The van der Waals surface area contributed by atoms with E-state index in [1.54, 1.807) is 0 Å². The van der Waals surface area contributed by atoms with Gasteiger partial charge in [-0.25, -0.2) is 0 Å². The van der Waals surface area contributed by atoms with Crippen molar-refractivity contribution in [2.45, 2.75) is 77.0 Å². The maximum Gasteiger partial charge on any atom is 0.245 e. The first-order chi connectivity index (χ1) is 15.7. The molecule has 0 aromatic carbocycles. The summed E-state index contributed by atoms with van der Waals surface area (Å²) in [5.41, 5.74) is 3.69. The van der Waals surface area contributed by atoms with Crippen molar-refractivity contribution in [3.05, 3.63) is 0 Å². The molecule has 0 bridgehead atoms. The molecule has 13 heteroatoms. The molecule has 194 valence electrons. The molecule has 0 radical (unpaired) electrons. The highest BCUT2D eigenvalue weighted by Crippen LogP contribution is 2.30. The van der Waals surface area contributed by atoms with Gasteiger partial charge in [-0.1, -0.05) is 13.8 Å². The Morgan fingerprint density at radius 3 is 1.68 bits per heavy atom. The van der Waals surface area contributed by atoms with E-state index >= 15 is 0 Å². The second kappa shape index (κ2) is 12.2. The molecule has 1 aliphatic rings. The standard InChI is InChI=1S/C21H36N4O9/c1-9(2)6-13(16(29)21(7-26)8-34-21)23-19(32)14(11(4)27)25-20(33)15(12(5)28)24-18(31)10(3)17(22)30/h9-15,26-28H,6-8H2,1-5H3,(H2,22,30)(H,23,32)(H,24,31)(H,25,33)/t10?,11?,12?,13-,14-,15-,21?/m0/s1. The van der Waals surface area contributed by atoms with E-state index in [1.165, 1.54) is 20.8 Å². The summed E-state index contributed by atoms with van der Waals surface area (Å²) in [5, 5.41) is 36.5. The highest BCUT2D eigenvalue weighted by atomic mass is 16.6. The van der Waals surface area contributed by atoms with E-state index in [1.807, 2.05) is 13.8 Å². The van der Waals surface area contributed by atoms with Crippen LogP contribution < -0.4 is 21.7 Å². The zero-order valence-corrected chi connectivity index (χ0v) is 20.0. The molecule has 4 amide bonds. The Hall–Kier alpha value is -2.61. The van der Waals surface area contributed by atoms with Gasteiger partial charge < -0.3 is 41.7 Å². The molecule has 0 aromatic heterocycles. The second-order valence-electron chi connectivity index (χ2n) is 9.07. The van der Waals surface area contributed by atoms with Crippen molar-refractivity contribution in [1.29, 1.82) is 0 Å². The van der Waals surface area contributed by atoms with E-state index in [0.717, 1.165) is 0 Å². The summed E-state index contributed by atoms with van der Waals surface area (Å²) in [5.74, 6) is -5.58. The highest BCUT2D eigenvalue weighted by molar-refractivity contribution is 6.02. The van der Waals surface area contributed by atoms with Gasteiger partial charge in [0.15, 0.2) is 11.4 Å². The number of rotatable bonds is 14. The number of primary amides is 1. The van der Waals surface area contributed by atoms with Crippen molar-refractivity contribution < 1.29 is 44.0 Å². The van der Waals surface area contributed by atoms with E-state index < -0.39 is 77.9 Å². The van der Waals surface area contributed by atoms with Gasteiger partial charge in [-0.3, -0.25) is 24.0 Å². The number of Topliss-reactive ketones (excluding diaryl/α,β-unsaturated/α-hetero) is 1. The third kappa shape index (κ3) is 7.72. The van der Waals surface area contributed by atoms with Crippen molar-refractivity contribution in [2.75, 3.05) is 13.2 Å². The third-order valence-corrected chi connectivity index (χ3v) is 5.48. The molecule has 0 aromatic rings. The number of epoxide rings is 1. The van der Waals surface area contributed by atoms with Crippen LogP contribution in [0.3, 0.4) is 0 Å². The van der Waals surface area contributed by atoms with E-state index in [0.29, 0.717) is 0 Å². The Kier molecular flexibility index (Phi) is 10.6. The average molecular weight is 489 g/mol. The van der Waals surface area contributed by atoms with Crippen molar-refractivity contribution >= 4 is 29.4 Å². The first-order valence-corrected chi connectivity index (χ1v) is 11.0. The van der Waals surface area contributed by atoms with E-state index in [9.17, 15) is 39.3 Å². The fourth-order valence-corrected chi connectivity index (χ4v) is 3.14. The summed E-state index contributed by atoms with van der Waals surface area (Å²) in [7, 11) is 0. The molecule has 0 saturated carbocycles. The van der Waals surface area contributed by atoms with Crippen molar-refractivity contribution in [2.24, 2.45) is 17.6 Å². The van der Waals surface area contributed by atoms with Gasteiger partial charge in [0.25, 0.3) is 0 Å². The first kappa shape index (κ1) is 29.4. The third-order valence-electron chi connectivity index (χ3n) is 5.48. The fraction of sp³-hybridized carbons (Fsp3) is 0.762. The van der Waals surface area contributed by atoms with Crippen molar-refractivity contribution in [3.8, 4) is 0 Å². The Balaban J connectivity index is 3.00. The molecule has 1 aliphatic heterocycles. The summed E-state index contributed by atoms with van der Waals surface area (Å²) in [6.45, 7) is 6.77. The minimum atomic E-state index is -1.56. The predicted octanol–water partition coefficient (Wildman–Crippen LogP) is -3.30. The number of hydrogen-bond donors (Lipinski definition) is 7. The number of amides is 4. The van der Waals surface area contributed by atoms with Crippen LogP contribution in [-0.2, 0) is 28.7 Å². The largest absolute Gasteiger partial charge is 0.393 e. The number of carbonyl (C=O) groups is 5. The summed E-state index contributed by atoms with van der Waals surface area (Å²) < 4.78 is 5.08. The van der Waals surface area contributed by atoms with Crippen LogP contribution in [0.1, 0.15) is 41.0 Å². The molecule has 0 spiro atoms. The summed E-state index contributed by atoms with van der Waals surface area (Å²) >= 11 is 0. The van der Waals surface area contributed by atoms with Gasteiger partial charge in [-0.05, 0) is 33.1 Å². The van der Waals surface area contributed by atoms with E-state index in [-0.39, 0.29) is 18.9 Å². The highest BCUT2D eigenvalue weighted by Gasteiger charge is 2.54. The van der Waals surface area contributed by atoms with Gasteiger partial charge >= 0.3 is 0 Å². The molecule has 0 aliphatic carbocycles. The maximum absolute atomic E-state index is 12.9. The summed E-state index contributed by atoms with van der Waals surface area (Å²) in [6.07, 6.45) is -2.63. The van der Waals surface area contributed by atoms with Crippen molar-refractivity contribution in [1.82, 2.24) is 16.0 Å². The Morgan fingerprint density at radius 1 is 0.882 bits per heavy atom. The second-order valence-corrected chi connectivity index (χ2v) is 9.07.